The summed E-state index contributed by atoms with van der Waals surface area (Å²) in [5.74, 6) is -1.35. The van der Waals surface area contributed by atoms with Crippen LogP contribution >= 0.6 is 0 Å². The average Bonchev–Trinajstić information content (AvgIpc) is 0.765. The maximum absolute atomic E-state index is 13.6. The fourth-order valence-corrected chi connectivity index (χ4v) is 12.3. The highest BCUT2D eigenvalue weighted by molar-refractivity contribution is 5.67. The lowest BCUT2D eigenvalue weighted by Crippen LogP contribution is -2.68. The molecule has 15 atom stereocenters. The molecule has 8 aromatic rings. The van der Waals surface area contributed by atoms with E-state index in [0.717, 1.165) is 44.5 Å². The quantitative estimate of drug-likeness (QED) is 0.0116. The van der Waals surface area contributed by atoms with Gasteiger partial charge in [0.15, 0.2) is 31.1 Å². The topological polar surface area (TPSA) is 231 Å². The Bertz CT molecular complexity index is 3710. The Morgan fingerprint density at radius 3 is 0.891 bits per heavy atom. The molecule has 21 heteroatoms. The second kappa shape index (κ2) is 39.6. The van der Waals surface area contributed by atoms with Crippen LogP contribution in [0.1, 0.15) is 58.4 Å². The summed E-state index contributed by atoms with van der Waals surface area (Å²) in [7, 11) is 0. The van der Waals surface area contributed by atoms with Crippen molar-refractivity contribution >= 4 is 11.9 Å². The van der Waals surface area contributed by atoms with Gasteiger partial charge in [-0.25, -0.2) is 0 Å². The van der Waals surface area contributed by atoms with Crippen molar-refractivity contribution in [3.8, 4) is 0 Å². The monoisotopic (exact) mass is 1380 g/mol. The van der Waals surface area contributed by atoms with Crippen LogP contribution in [0.4, 0.5) is 0 Å². The third-order valence-corrected chi connectivity index (χ3v) is 17.1. The molecule has 0 spiro atoms. The van der Waals surface area contributed by atoms with Gasteiger partial charge in [0.25, 0.3) is 0 Å². The average molecular weight is 1380 g/mol. The molecule has 3 saturated heterocycles. The van der Waals surface area contributed by atoms with Crippen LogP contribution in [-0.2, 0) is 138 Å². The van der Waals surface area contributed by atoms with Gasteiger partial charge in [0.1, 0.15) is 61.0 Å². The first-order valence-electron chi connectivity index (χ1n) is 34.1. The lowest BCUT2D eigenvalue weighted by atomic mass is 9.95. The molecule has 3 heterocycles. The van der Waals surface area contributed by atoms with Gasteiger partial charge in [-0.2, -0.15) is 0 Å². The number of ether oxygens (including phenoxy) is 16. The minimum Gasteiger partial charge on any atom is -0.456 e. The Labute approximate surface area is 589 Å². The van der Waals surface area contributed by atoms with Crippen LogP contribution < -0.4 is 0 Å². The third kappa shape index (κ3) is 22.5. The fourth-order valence-electron chi connectivity index (χ4n) is 12.3. The van der Waals surface area contributed by atoms with Crippen molar-refractivity contribution in [3.63, 3.8) is 0 Å². The summed E-state index contributed by atoms with van der Waals surface area (Å²) in [6, 6.07) is 77.3. The van der Waals surface area contributed by atoms with Gasteiger partial charge < -0.3 is 75.8 Å². The smallest absolute Gasteiger partial charge is 0.303 e. The Balaban J connectivity index is 1.04. The van der Waals surface area contributed by atoms with Gasteiger partial charge >= 0.3 is 11.9 Å². The van der Waals surface area contributed by atoms with Gasteiger partial charge in [-0.05, 0) is 50.0 Å². The van der Waals surface area contributed by atoms with E-state index >= 15 is 0 Å². The van der Waals surface area contributed by atoms with Crippen molar-refractivity contribution in [3.05, 3.63) is 298 Å². The van der Waals surface area contributed by atoms with Crippen LogP contribution in [0.25, 0.3) is 10.4 Å². The van der Waals surface area contributed by atoms with E-state index in [4.69, 9.17) is 75.8 Å². The Hall–Kier alpha value is -8.55. The summed E-state index contributed by atoms with van der Waals surface area (Å²) in [5.41, 5.74) is 16.2. The number of hydrogen-bond acceptors (Lipinski definition) is 19. The van der Waals surface area contributed by atoms with E-state index in [2.05, 4.69) is 10.0 Å². The minimum atomic E-state index is -1.47. The Kier molecular flexibility index (Phi) is 28.9. The van der Waals surface area contributed by atoms with Crippen molar-refractivity contribution in [2.24, 2.45) is 5.11 Å². The van der Waals surface area contributed by atoms with E-state index < -0.39 is 104 Å². The predicted octanol–water partition coefficient (Wildman–Crippen LogP) is 12.7. The van der Waals surface area contributed by atoms with Crippen molar-refractivity contribution in [1.82, 2.24) is 0 Å². The molecule has 0 saturated carbocycles. The summed E-state index contributed by atoms with van der Waals surface area (Å²) in [5, 5.41) is 3.78. The van der Waals surface area contributed by atoms with Crippen LogP contribution in [-0.4, -0.2) is 137 Å². The highest BCUT2D eigenvalue weighted by atomic mass is 16.8. The van der Waals surface area contributed by atoms with E-state index in [1.54, 1.807) is 0 Å². The van der Waals surface area contributed by atoms with Gasteiger partial charge in [-0.1, -0.05) is 248 Å². The van der Waals surface area contributed by atoms with Gasteiger partial charge in [0, 0.05) is 25.3 Å². The first kappa shape index (κ1) is 73.7. The maximum Gasteiger partial charge on any atom is 0.303 e. The molecule has 8 aromatic carbocycles. The second-order valence-corrected chi connectivity index (χ2v) is 24.6. The van der Waals surface area contributed by atoms with E-state index in [1.807, 2.05) is 243 Å². The van der Waals surface area contributed by atoms with Crippen molar-refractivity contribution < 1.29 is 85.4 Å². The molecule has 3 aliphatic rings. The van der Waals surface area contributed by atoms with Gasteiger partial charge in [-0.15, -0.1) is 0 Å². The number of carbonyl (C=O) groups excluding carboxylic acids is 2. The van der Waals surface area contributed by atoms with E-state index in [1.165, 1.54) is 13.8 Å². The van der Waals surface area contributed by atoms with Gasteiger partial charge in [0.2, 0.25) is 0 Å². The number of carbonyl (C=O) groups is 2. The van der Waals surface area contributed by atoms with E-state index in [-0.39, 0.29) is 85.8 Å². The zero-order valence-electron chi connectivity index (χ0n) is 56.6. The van der Waals surface area contributed by atoms with Crippen LogP contribution in [0.2, 0.25) is 0 Å². The maximum atomic E-state index is 13.6. The molecule has 0 N–H and O–H groups in total. The molecule has 0 radical (unpaired) electrons. The number of azide groups is 1. The zero-order chi connectivity index (χ0) is 69.6. The zero-order valence-corrected chi connectivity index (χ0v) is 56.6. The lowest BCUT2D eigenvalue weighted by molar-refractivity contribution is -0.393. The second-order valence-electron chi connectivity index (χ2n) is 24.6. The third-order valence-electron chi connectivity index (χ3n) is 17.1. The van der Waals surface area contributed by atoms with E-state index in [0.29, 0.717) is 0 Å². The lowest BCUT2D eigenvalue weighted by Gasteiger charge is -2.51. The first-order valence-corrected chi connectivity index (χ1v) is 34.1. The number of nitrogens with zero attached hydrogens (tertiary/aromatic N) is 3. The molecule has 3 fully saturated rings. The molecule has 0 bridgehead atoms. The van der Waals surface area contributed by atoms with Crippen molar-refractivity contribution in [1.29, 1.82) is 0 Å². The molecule has 530 valence electrons. The predicted molar refractivity (Wildman–Crippen MR) is 370 cm³/mol. The molecule has 0 aromatic heterocycles. The van der Waals surface area contributed by atoms with E-state index in [9.17, 15) is 15.1 Å². The SMILES string of the molecule is CC(=O)O[C@@H]1C(OCc2ccccc2)[C@@H](O[C@H]2C(COCc3ccccc3)O[C@@H](O[C@H]3C(OCc4ccccc4)C(OCc4ccccc4)[C@H](OCCN=[N+]=[N-])O[C@H]3COCc3ccccc3)C(OCc3ccccc3)[C@@H]2OCc2ccccc2)OC(COCc2ccccc2)[C@@H]1OC(C)=O. The van der Waals surface area contributed by atoms with Crippen LogP contribution in [0.15, 0.2) is 248 Å². The van der Waals surface area contributed by atoms with Crippen LogP contribution in [0.3, 0.4) is 0 Å². The number of rotatable bonds is 37. The minimum absolute atomic E-state index is 0.00420. The molecule has 21 nitrogen and oxygen atoms in total. The van der Waals surface area contributed by atoms with Crippen molar-refractivity contribution in [2.45, 2.75) is 159 Å². The summed E-state index contributed by atoms with van der Waals surface area (Å²) in [4.78, 5) is 29.9. The number of benzene rings is 8. The largest absolute Gasteiger partial charge is 0.456 e. The number of esters is 2. The molecule has 0 amide bonds. The van der Waals surface area contributed by atoms with Crippen molar-refractivity contribution in [2.75, 3.05) is 33.0 Å². The first-order chi connectivity index (χ1) is 49.7. The Morgan fingerprint density at radius 1 is 0.327 bits per heavy atom. The van der Waals surface area contributed by atoms with Gasteiger partial charge in [-0.3, -0.25) is 9.59 Å². The molecular formula is C80H87N3O18. The molecule has 0 aliphatic carbocycles. The number of hydrogen-bond donors (Lipinski definition) is 0. The molecule has 101 heavy (non-hydrogen) atoms. The van der Waals surface area contributed by atoms with Crippen LogP contribution in [0.5, 0.6) is 0 Å². The summed E-state index contributed by atoms with van der Waals surface area (Å²) < 4.78 is 111. The normalized spacial score (nSPS) is 25.0. The molecule has 11 rings (SSSR count). The van der Waals surface area contributed by atoms with Gasteiger partial charge in [0.05, 0.1) is 79.3 Å². The Morgan fingerprint density at radius 2 is 0.584 bits per heavy atom. The molecule has 6 unspecified atom stereocenters. The molecule has 3 aliphatic heterocycles. The highest BCUT2D eigenvalue weighted by Crippen LogP contribution is 2.40. The highest BCUT2D eigenvalue weighted by Gasteiger charge is 2.58. The summed E-state index contributed by atoms with van der Waals surface area (Å²) >= 11 is 0. The molecular weight excluding hydrogens is 1290 g/mol. The summed E-state index contributed by atoms with van der Waals surface area (Å²) in [6.45, 7) is 2.89. The summed E-state index contributed by atoms with van der Waals surface area (Å²) in [6.07, 6.45) is -18.0. The van der Waals surface area contributed by atoms with Crippen LogP contribution in [0, 0.1) is 0 Å². The fraction of sp³-hybridized carbons (Fsp3) is 0.375. The standard InChI is InChI=1S/C80H87N3O18/c1-56(84)95-71-68(55-88-47-60-31-15-5-16-32-60)99-80(77(74(71)96-57(2)85)94-52-65-41-25-10-26-42-65)101-70-67(54-87-46-59-29-13-4-14-30-59)98-79(76(93-51-64-39-23-9-24-40-64)73(70)91-49-62-35-19-7-20-36-62)100-69-66(53-86-45-58-27-11-3-12-28-58)97-78(89-44-43-82-83-81)75(92-50-63-37-21-8-22-38-63)72(69)90-48-61-33-17-6-18-34-61/h3-42,66-80H,43-55H2,1-2H3/t66-,67?,68?,69+,70-,71-,72?,73+,74-,75?,76?,77?,78+,79-,80+/m0/s1.